The number of benzene rings is 1. The minimum absolute atomic E-state index is 0.00324. The molecule has 0 fully saturated rings. The quantitative estimate of drug-likeness (QED) is 0.543. The van der Waals surface area contributed by atoms with Gasteiger partial charge in [-0.1, -0.05) is 35.5 Å². The Morgan fingerprint density at radius 2 is 1.83 bits per heavy atom. The molecule has 29 heavy (non-hydrogen) atoms. The van der Waals surface area contributed by atoms with Gasteiger partial charge in [-0.3, -0.25) is 14.6 Å². The van der Waals surface area contributed by atoms with Crippen LogP contribution in [0.3, 0.4) is 0 Å². The minimum atomic E-state index is -0.883. The molecule has 0 saturated heterocycles. The number of hydrogen-bond acceptors (Lipinski definition) is 6. The van der Waals surface area contributed by atoms with Crippen LogP contribution in [-0.2, 0) is 22.4 Å². The largest absolute Gasteiger partial charge is 0.481 e. The lowest BCUT2D eigenvalue weighted by atomic mass is 10.0. The van der Waals surface area contributed by atoms with Gasteiger partial charge in [-0.15, -0.1) is 0 Å². The lowest BCUT2D eigenvalue weighted by molar-refractivity contribution is -0.137. The number of aromatic nitrogens is 3. The minimum Gasteiger partial charge on any atom is -0.481 e. The second-order valence-corrected chi connectivity index (χ2v) is 6.63. The van der Waals surface area contributed by atoms with Crippen LogP contribution in [0.1, 0.15) is 30.7 Å². The summed E-state index contributed by atoms with van der Waals surface area (Å²) in [7, 11) is 0. The van der Waals surface area contributed by atoms with Gasteiger partial charge in [0.15, 0.2) is 0 Å². The van der Waals surface area contributed by atoms with Gasteiger partial charge in [0.1, 0.15) is 0 Å². The number of pyridine rings is 1. The van der Waals surface area contributed by atoms with E-state index in [1.165, 1.54) is 0 Å². The molecule has 0 aliphatic rings. The van der Waals surface area contributed by atoms with E-state index in [4.69, 9.17) is 9.63 Å². The van der Waals surface area contributed by atoms with Crippen LogP contribution in [0.4, 0.5) is 0 Å². The number of amides is 1. The third kappa shape index (κ3) is 6.53. The van der Waals surface area contributed by atoms with E-state index in [9.17, 15) is 9.59 Å². The Labute approximate surface area is 168 Å². The van der Waals surface area contributed by atoms with Crippen molar-refractivity contribution in [3.63, 3.8) is 0 Å². The fourth-order valence-corrected chi connectivity index (χ4v) is 2.92. The van der Waals surface area contributed by atoms with Crippen LogP contribution >= 0.6 is 0 Å². The molecule has 2 heterocycles. The lowest BCUT2D eigenvalue weighted by Crippen LogP contribution is -2.37. The number of aryl methyl sites for hydroxylation is 1. The number of carbonyl (C=O) groups excluding carboxylic acids is 1. The van der Waals surface area contributed by atoms with Gasteiger partial charge in [0.25, 0.3) is 0 Å². The summed E-state index contributed by atoms with van der Waals surface area (Å²) >= 11 is 0. The molecule has 1 aromatic carbocycles. The predicted molar refractivity (Wildman–Crippen MR) is 105 cm³/mol. The van der Waals surface area contributed by atoms with Crippen LogP contribution in [-0.4, -0.2) is 38.1 Å². The third-order valence-corrected chi connectivity index (χ3v) is 4.37. The summed E-state index contributed by atoms with van der Waals surface area (Å²) in [5.41, 5.74) is 1.83. The highest BCUT2D eigenvalue weighted by molar-refractivity contribution is 5.76. The van der Waals surface area contributed by atoms with Gasteiger partial charge >= 0.3 is 5.97 Å². The Hall–Kier alpha value is -3.55. The van der Waals surface area contributed by atoms with E-state index in [1.54, 1.807) is 24.5 Å². The maximum atomic E-state index is 12.4. The fraction of sp³-hybridized carbons (Fsp3) is 0.286. The van der Waals surface area contributed by atoms with Crippen LogP contribution in [0, 0.1) is 0 Å². The zero-order chi connectivity index (χ0) is 20.5. The maximum Gasteiger partial charge on any atom is 0.303 e. The van der Waals surface area contributed by atoms with E-state index in [2.05, 4.69) is 20.4 Å². The van der Waals surface area contributed by atoms with Gasteiger partial charge in [-0.05, 0) is 30.5 Å². The number of aliphatic carboxylic acids is 1. The Bertz CT molecular complexity index is 928. The number of carbonyl (C=O) groups is 2. The molecule has 0 radical (unpaired) electrons. The number of hydrogen-bond donors (Lipinski definition) is 2. The monoisotopic (exact) mass is 394 g/mol. The normalized spacial score (nSPS) is 11.7. The molecule has 0 saturated carbocycles. The standard InChI is InChI=1S/C21H22N4O4/c26-18(7-8-19-24-21(25-29-19)16-10-12-22-13-11-16)23-17(6-9-20(27)28)14-15-4-2-1-3-5-15/h1-5,10-13,17H,6-9,14H2,(H,23,26)(H,27,28). The first-order valence-electron chi connectivity index (χ1n) is 9.38. The molecule has 0 bridgehead atoms. The topological polar surface area (TPSA) is 118 Å². The molecule has 8 heteroatoms. The number of nitrogens with zero attached hydrogens (tertiary/aromatic N) is 3. The highest BCUT2D eigenvalue weighted by atomic mass is 16.5. The van der Waals surface area contributed by atoms with E-state index >= 15 is 0 Å². The molecule has 0 aliphatic carbocycles. The second-order valence-electron chi connectivity index (χ2n) is 6.63. The third-order valence-electron chi connectivity index (χ3n) is 4.37. The van der Waals surface area contributed by atoms with Crippen LogP contribution in [0.25, 0.3) is 11.4 Å². The molecule has 0 spiro atoms. The average molecular weight is 394 g/mol. The van der Waals surface area contributed by atoms with Crippen molar-refractivity contribution in [1.29, 1.82) is 0 Å². The van der Waals surface area contributed by atoms with Crippen molar-refractivity contribution in [2.45, 2.75) is 38.1 Å². The lowest BCUT2D eigenvalue weighted by Gasteiger charge is -2.18. The molecule has 150 valence electrons. The molecular formula is C21H22N4O4. The zero-order valence-electron chi connectivity index (χ0n) is 15.8. The van der Waals surface area contributed by atoms with E-state index in [1.807, 2.05) is 30.3 Å². The summed E-state index contributed by atoms with van der Waals surface area (Å²) in [4.78, 5) is 31.5. The van der Waals surface area contributed by atoms with Crippen molar-refractivity contribution in [3.05, 3.63) is 66.3 Å². The SMILES string of the molecule is O=C(O)CCC(Cc1ccccc1)NC(=O)CCc1nc(-c2ccncc2)no1. The molecule has 1 atom stereocenters. The summed E-state index contributed by atoms with van der Waals surface area (Å²) in [5, 5.41) is 15.8. The summed E-state index contributed by atoms with van der Waals surface area (Å²) in [6.45, 7) is 0. The van der Waals surface area contributed by atoms with Gasteiger partial charge in [0, 0.05) is 43.3 Å². The predicted octanol–water partition coefficient (Wildman–Crippen LogP) is 2.66. The van der Waals surface area contributed by atoms with Crippen molar-refractivity contribution in [1.82, 2.24) is 20.4 Å². The van der Waals surface area contributed by atoms with Gasteiger partial charge in [0.05, 0.1) is 0 Å². The highest BCUT2D eigenvalue weighted by Crippen LogP contribution is 2.15. The zero-order valence-corrected chi connectivity index (χ0v) is 15.8. The number of rotatable bonds is 10. The molecule has 2 aromatic heterocycles. The van der Waals surface area contributed by atoms with Crippen molar-refractivity contribution < 1.29 is 19.2 Å². The van der Waals surface area contributed by atoms with Crippen LogP contribution in [0.5, 0.6) is 0 Å². The molecule has 8 nitrogen and oxygen atoms in total. The van der Waals surface area contributed by atoms with Crippen LogP contribution in [0.15, 0.2) is 59.4 Å². The Balaban J connectivity index is 1.54. The molecule has 1 amide bonds. The Kier molecular flexibility index (Phi) is 7.05. The average Bonchev–Trinajstić information content (AvgIpc) is 3.21. The smallest absolute Gasteiger partial charge is 0.303 e. The molecule has 3 rings (SSSR count). The number of carboxylic acid groups (broad SMARTS) is 1. The Morgan fingerprint density at radius 3 is 2.55 bits per heavy atom. The summed E-state index contributed by atoms with van der Waals surface area (Å²) in [6, 6.07) is 13.0. The first kappa shape index (κ1) is 20.2. The van der Waals surface area contributed by atoms with Crippen LogP contribution in [0.2, 0.25) is 0 Å². The molecular weight excluding hydrogens is 372 g/mol. The van der Waals surface area contributed by atoms with Gasteiger partial charge in [-0.25, -0.2) is 0 Å². The van der Waals surface area contributed by atoms with E-state index in [0.717, 1.165) is 11.1 Å². The van der Waals surface area contributed by atoms with Gasteiger partial charge in [0.2, 0.25) is 17.6 Å². The molecule has 2 N–H and O–H groups in total. The van der Waals surface area contributed by atoms with Crippen molar-refractivity contribution >= 4 is 11.9 Å². The number of nitrogens with one attached hydrogen (secondary N) is 1. The first-order valence-corrected chi connectivity index (χ1v) is 9.38. The summed E-state index contributed by atoms with van der Waals surface area (Å²) in [5.74, 6) is -0.241. The number of carboxylic acids is 1. The van der Waals surface area contributed by atoms with Crippen molar-refractivity contribution in [3.8, 4) is 11.4 Å². The van der Waals surface area contributed by atoms with Gasteiger partial charge < -0.3 is 14.9 Å². The fourth-order valence-electron chi connectivity index (χ4n) is 2.92. The summed E-state index contributed by atoms with van der Waals surface area (Å²) < 4.78 is 5.21. The summed E-state index contributed by atoms with van der Waals surface area (Å²) in [6.07, 6.45) is 4.70. The van der Waals surface area contributed by atoms with Gasteiger partial charge in [-0.2, -0.15) is 4.98 Å². The Morgan fingerprint density at radius 1 is 1.07 bits per heavy atom. The highest BCUT2D eigenvalue weighted by Gasteiger charge is 2.16. The van der Waals surface area contributed by atoms with E-state index in [0.29, 0.717) is 31.0 Å². The molecule has 0 aliphatic heterocycles. The first-order chi connectivity index (χ1) is 14.1. The second kappa shape index (κ2) is 10.1. The molecule has 1 unspecified atom stereocenters. The van der Waals surface area contributed by atoms with E-state index in [-0.39, 0.29) is 24.8 Å². The van der Waals surface area contributed by atoms with Crippen LogP contribution < -0.4 is 5.32 Å². The van der Waals surface area contributed by atoms with Crippen molar-refractivity contribution in [2.75, 3.05) is 0 Å². The maximum absolute atomic E-state index is 12.4. The van der Waals surface area contributed by atoms with E-state index < -0.39 is 5.97 Å². The molecule has 3 aromatic rings. The van der Waals surface area contributed by atoms with Crippen molar-refractivity contribution in [2.24, 2.45) is 0 Å².